The molecule has 5 nitrogen and oxygen atoms in total. The number of guanidine groups is 1. The van der Waals surface area contributed by atoms with Crippen LogP contribution in [-0.4, -0.2) is 67.7 Å². The minimum absolute atomic E-state index is 0. The molecule has 1 aliphatic carbocycles. The number of rotatable bonds is 3. The molecule has 2 heterocycles. The Bertz CT molecular complexity index is 776. The topological polar surface area (TPSA) is 40.1 Å². The first-order valence-electron chi connectivity index (χ1n) is 10.7. The normalized spacial score (nSPS) is 28.5. The van der Waals surface area contributed by atoms with Crippen molar-refractivity contribution < 1.29 is 17.9 Å². The fourth-order valence-electron chi connectivity index (χ4n) is 5.23. The molecule has 3 unspecified atom stereocenters. The van der Waals surface area contributed by atoms with Gasteiger partial charge in [-0.2, -0.15) is 13.2 Å². The fourth-order valence-corrected chi connectivity index (χ4v) is 5.23. The Balaban J connectivity index is 0.00000272. The number of hydrogen-bond donors (Lipinski definition) is 1. The molecule has 3 aliphatic rings. The molecule has 0 spiro atoms. The van der Waals surface area contributed by atoms with Gasteiger partial charge in [-0.3, -0.25) is 9.89 Å². The van der Waals surface area contributed by atoms with Gasteiger partial charge in [-0.15, -0.1) is 24.0 Å². The van der Waals surface area contributed by atoms with Gasteiger partial charge in [0.1, 0.15) is 0 Å². The molecule has 3 atom stereocenters. The third-order valence-electron chi connectivity index (χ3n) is 6.96. The molecule has 0 radical (unpaired) electrons. The monoisotopic (exact) mass is 552 g/mol. The van der Waals surface area contributed by atoms with Crippen molar-refractivity contribution in [3.05, 3.63) is 35.4 Å². The van der Waals surface area contributed by atoms with E-state index in [0.29, 0.717) is 24.6 Å². The molecule has 4 rings (SSSR count). The van der Waals surface area contributed by atoms with Gasteiger partial charge in [0.15, 0.2) is 5.96 Å². The van der Waals surface area contributed by atoms with E-state index in [9.17, 15) is 13.2 Å². The Labute approximate surface area is 199 Å². The Morgan fingerprint density at radius 1 is 1.16 bits per heavy atom. The van der Waals surface area contributed by atoms with E-state index in [4.69, 9.17) is 4.74 Å². The van der Waals surface area contributed by atoms with E-state index in [1.165, 1.54) is 0 Å². The fraction of sp³-hybridized carbons (Fsp3) is 0.682. The lowest BCUT2D eigenvalue weighted by Crippen LogP contribution is -2.68. The highest BCUT2D eigenvalue weighted by Crippen LogP contribution is 2.52. The predicted molar refractivity (Wildman–Crippen MR) is 126 cm³/mol. The number of halogens is 4. The van der Waals surface area contributed by atoms with Gasteiger partial charge in [0.25, 0.3) is 0 Å². The summed E-state index contributed by atoms with van der Waals surface area (Å²) in [6.07, 6.45) is -2.84. The number of benzene rings is 1. The molecule has 1 N–H and O–H groups in total. The molecule has 0 amide bonds. The summed E-state index contributed by atoms with van der Waals surface area (Å²) in [5, 5.41) is 3.69. The molecule has 174 valence electrons. The number of hydrogen-bond acceptors (Lipinski definition) is 3. The van der Waals surface area contributed by atoms with Crippen molar-refractivity contribution in [2.24, 2.45) is 16.3 Å². The van der Waals surface area contributed by atoms with Gasteiger partial charge in [-0.25, -0.2) is 0 Å². The Hall–Kier alpha value is -1.07. The standard InChI is InChI=1S/C22H31F3N4O.HI/c1-21(2)18(17-8-13-30-19(17)21)27-20(26-3)29-11-9-28(10-12-29)14-15-4-6-16(7-5-15)22(23,24)25;/h4-7,17-19H,8-14H2,1-3H3,(H,26,27);1H. The Kier molecular flexibility index (Phi) is 7.47. The molecule has 1 saturated carbocycles. The van der Waals surface area contributed by atoms with Crippen LogP contribution < -0.4 is 5.32 Å². The van der Waals surface area contributed by atoms with Gasteiger partial charge in [0, 0.05) is 63.8 Å². The van der Waals surface area contributed by atoms with Crippen molar-refractivity contribution in [1.29, 1.82) is 0 Å². The highest BCUT2D eigenvalue weighted by atomic mass is 127. The zero-order chi connectivity index (χ0) is 21.5. The zero-order valence-electron chi connectivity index (χ0n) is 18.3. The summed E-state index contributed by atoms with van der Waals surface area (Å²) in [6.45, 7) is 9.41. The van der Waals surface area contributed by atoms with Crippen LogP contribution in [0.25, 0.3) is 0 Å². The van der Waals surface area contributed by atoms with Crippen molar-refractivity contribution in [3.63, 3.8) is 0 Å². The van der Waals surface area contributed by atoms with Crippen LogP contribution in [0.1, 0.15) is 31.4 Å². The summed E-state index contributed by atoms with van der Waals surface area (Å²) in [4.78, 5) is 9.08. The van der Waals surface area contributed by atoms with Crippen LogP contribution >= 0.6 is 24.0 Å². The van der Waals surface area contributed by atoms with Gasteiger partial charge in [0.2, 0.25) is 0 Å². The second-order valence-electron chi connectivity index (χ2n) is 9.19. The Morgan fingerprint density at radius 2 is 1.81 bits per heavy atom. The SMILES string of the molecule is CN=C(NC1C2CCOC2C1(C)C)N1CCN(Cc2ccc(C(F)(F)F)cc2)CC1.I. The smallest absolute Gasteiger partial charge is 0.377 e. The number of fused-ring (bicyclic) bond motifs is 1. The van der Waals surface area contributed by atoms with Crippen molar-refractivity contribution >= 4 is 29.9 Å². The van der Waals surface area contributed by atoms with Gasteiger partial charge >= 0.3 is 6.18 Å². The number of ether oxygens (including phenoxy) is 1. The highest BCUT2D eigenvalue weighted by molar-refractivity contribution is 14.0. The largest absolute Gasteiger partial charge is 0.416 e. The molecule has 0 aromatic heterocycles. The average Bonchev–Trinajstić information content (AvgIpc) is 3.16. The second-order valence-corrected chi connectivity index (χ2v) is 9.19. The summed E-state index contributed by atoms with van der Waals surface area (Å²) < 4.78 is 44.1. The number of alkyl halides is 3. The molecule has 1 aromatic carbocycles. The molecular weight excluding hydrogens is 520 g/mol. The Morgan fingerprint density at radius 3 is 2.39 bits per heavy atom. The van der Waals surface area contributed by atoms with E-state index < -0.39 is 11.7 Å². The third kappa shape index (κ3) is 4.98. The minimum atomic E-state index is -4.29. The highest BCUT2D eigenvalue weighted by Gasteiger charge is 2.59. The summed E-state index contributed by atoms with van der Waals surface area (Å²) >= 11 is 0. The number of nitrogens with zero attached hydrogens (tertiary/aromatic N) is 3. The first-order valence-corrected chi connectivity index (χ1v) is 10.7. The van der Waals surface area contributed by atoms with Crippen LogP contribution in [0.2, 0.25) is 0 Å². The van der Waals surface area contributed by atoms with Crippen molar-refractivity contribution in [2.45, 2.75) is 45.1 Å². The lowest BCUT2D eigenvalue weighted by atomic mass is 9.57. The summed E-state index contributed by atoms with van der Waals surface area (Å²) in [6, 6.07) is 5.85. The van der Waals surface area contributed by atoms with E-state index in [0.717, 1.165) is 62.9 Å². The van der Waals surface area contributed by atoms with E-state index in [-0.39, 0.29) is 29.4 Å². The lowest BCUT2D eigenvalue weighted by molar-refractivity contribution is -0.137. The van der Waals surface area contributed by atoms with Gasteiger partial charge in [-0.05, 0) is 24.1 Å². The van der Waals surface area contributed by atoms with E-state index in [1.54, 1.807) is 12.1 Å². The maximum atomic E-state index is 12.7. The molecule has 2 aliphatic heterocycles. The van der Waals surface area contributed by atoms with Crippen LogP contribution in [0.3, 0.4) is 0 Å². The van der Waals surface area contributed by atoms with E-state index in [2.05, 4.69) is 34.0 Å². The average molecular weight is 552 g/mol. The first kappa shape index (κ1) is 24.6. The van der Waals surface area contributed by atoms with Gasteiger partial charge in [-0.1, -0.05) is 26.0 Å². The number of nitrogens with one attached hydrogen (secondary N) is 1. The number of piperazine rings is 1. The summed E-state index contributed by atoms with van der Waals surface area (Å²) in [5.41, 5.74) is 0.406. The molecule has 31 heavy (non-hydrogen) atoms. The van der Waals surface area contributed by atoms with E-state index in [1.807, 2.05) is 7.05 Å². The maximum Gasteiger partial charge on any atom is 0.416 e. The summed E-state index contributed by atoms with van der Waals surface area (Å²) in [5.74, 6) is 1.49. The van der Waals surface area contributed by atoms with Crippen molar-refractivity contribution in [2.75, 3.05) is 39.8 Å². The number of aliphatic imine (C=N–C) groups is 1. The molecule has 3 fully saturated rings. The van der Waals surface area contributed by atoms with Crippen LogP contribution in [0, 0.1) is 11.3 Å². The lowest BCUT2D eigenvalue weighted by Gasteiger charge is -2.55. The van der Waals surface area contributed by atoms with Crippen molar-refractivity contribution in [1.82, 2.24) is 15.1 Å². The quantitative estimate of drug-likeness (QED) is 0.352. The molecule has 0 bridgehead atoms. The molecule has 2 saturated heterocycles. The van der Waals surface area contributed by atoms with Crippen molar-refractivity contribution in [3.8, 4) is 0 Å². The zero-order valence-corrected chi connectivity index (χ0v) is 20.6. The molecule has 9 heteroatoms. The maximum absolute atomic E-state index is 12.7. The second kappa shape index (κ2) is 9.43. The first-order chi connectivity index (χ1) is 14.2. The van der Waals surface area contributed by atoms with Crippen LogP contribution in [0.4, 0.5) is 13.2 Å². The van der Waals surface area contributed by atoms with Crippen LogP contribution in [0.5, 0.6) is 0 Å². The van der Waals surface area contributed by atoms with Gasteiger partial charge in [0.05, 0.1) is 11.7 Å². The van der Waals surface area contributed by atoms with E-state index >= 15 is 0 Å². The summed E-state index contributed by atoms with van der Waals surface area (Å²) in [7, 11) is 1.82. The molecule has 1 aromatic rings. The van der Waals surface area contributed by atoms with Crippen LogP contribution in [0.15, 0.2) is 29.3 Å². The minimum Gasteiger partial charge on any atom is -0.377 e. The van der Waals surface area contributed by atoms with Crippen LogP contribution in [-0.2, 0) is 17.5 Å². The van der Waals surface area contributed by atoms with Gasteiger partial charge < -0.3 is 15.0 Å². The molecular formula is C22H32F3IN4O. The predicted octanol–water partition coefficient (Wildman–Crippen LogP) is 3.83. The third-order valence-corrected chi connectivity index (χ3v) is 6.96.